The molecule has 0 aromatic carbocycles. The molecule has 3 heteroatoms. The molecule has 0 aromatic rings. The maximum atomic E-state index is 5.61. The van der Waals surface area contributed by atoms with Crippen LogP contribution in [0.25, 0.3) is 0 Å². The van der Waals surface area contributed by atoms with E-state index in [0.29, 0.717) is 6.04 Å². The van der Waals surface area contributed by atoms with Crippen molar-refractivity contribution in [1.82, 2.24) is 10.2 Å². The standard InChI is InChI=1S/C17H34N2O/c1-3-8-16-14-19(11-12-20-4-2)17(13-18-16)15-9-6-5-7-10-15/h15-18H,3-14H2,1-2H3. The number of rotatable bonds is 7. The van der Waals surface area contributed by atoms with Crippen LogP contribution in [0.5, 0.6) is 0 Å². The van der Waals surface area contributed by atoms with Gasteiger partial charge in [-0.15, -0.1) is 0 Å². The fraction of sp³-hybridized carbons (Fsp3) is 1.00. The van der Waals surface area contributed by atoms with Crippen LogP contribution in [0.4, 0.5) is 0 Å². The van der Waals surface area contributed by atoms with Crippen LogP contribution in [0, 0.1) is 5.92 Å². The van der Waals surface area contributed by atoms with E-state index in [9.17, 15) is 0 Å². The van der Waals surface area contributed by atoms with Gasteiger partial charge in [0.2, 0.25) is 0 Å². The zero-order chi connectivity index (χ0) is 14.2. The molecule has 2 aliphatic rings. The number of hydrogen-bond acceptors (Lipinski definition) is 3. The van der Waals surface area contributed by atoms with Crippen molar-refractivity contribution >= 4 is 0 Å². The van der Waals surface area contributed by atoms with E-state index in [-0.39, 0.29) is 0 Å². The Morgan fingerprint density at radius 1 is 1.15 bits per heavy atom. The summed E-state index contributed by atoms with van der Waals surface area (Å²) in [5.74, 6) is 0.917. The lowest BCUT2D eigenvalue weighted by atomic mass is 9.82. The first-order valence-electron chi connectivity index (χ1n) is 8.90. The molecular formula is C17H34N2O. The normalized spacial score (nSPS) is 29.7. The lowest BCUT2D eigenvalue weighted by Gasteiger charge is -2.45. The summed E-state index contributed by atoms with van der Waals surface area (Å²) in [6.07, 6.45) is 9.81. The summed E-state index contributed by atoms with van der Waals surface area (Å²) in [4.78, 5) is 2.74. The first-order valence-corrected chi connectivity index (χ1v) is 8.90. The van der Waals surface area contributed by atoms with Gasteiger partial charge in [0.1, 0.15) is 0 Å². The molecule has 1 saturated carbocycles. The third kappa shape index (κ3) is 4.71. The van der Waals surface area contributed by atoms with Crippen LogP contribution in [0.1, 0.15) is 58.8 Å². The minimum absolute atomic E-state index is 0.696. The number of nitrogens with zero attached hydrogens (tertiary/aromatic N) is 1. The van der Waals surface area contributed by atoms with E-state index >= 15 is 0 Å². The van der Waals surface area contributed by atoms with Crippen LogP contribution in [0.15, 0.2) is 0 Å². The third-order valence-electron chi connectivity index (χ3n) is 5.10. The molecule has 1 aliphatic heterocycles. The maximum Gasteiger partial charge on any atom is 0.0593 e. The smallest absolute Gasteiger partial charge is 0.0593 e. The summed E-state index contributed by atoms with van der Waals surface area (Å²) in [5, 5.41) is 3.81. The summed E-state index contributed by atoms with van der Waals surface area (Å²) < 4.78 is 5.61. The molecule has 0 radical (unpaired) electrons. The van der Waals surface area contributed by atoms with E-state index in [4.69, 9.17) is 4.74 Å². The van der Waals surface area contributed by atoms with Gasteiger partial charge in [-0.1, -0.05) is 32.6 Å². The first kappa shape index (κ1) is 16.3. The van der Waals surface area contributed by atoms with Crippen LogP contribution in [-0.4, -0.2) is 49.8 Å². The highest BCUT2D eigenvalue weighted by molar-refractivity contribution is 4.90. The molecule has 2 atom stereocenters. The Balaban J connectivity index is 1.89. The highest BCUT2D eigenvalue weighted by Gasteiger charge is 2.33. The number of piperazine rings is 1. The SMILES string of the molecule is CCCC1CN(CCOCC)C(C2CCCCC2)CN1. The van der Waals surface area contributed by atoms with Gasteiger partial charge in [0.05, 0.1) is 6.61 Å². The van der Waals surface area contributed by atoms with Crippen molar-refractivity contribution in [2.45, 2.75) is 70.9 Å². The second-order valence-corrected chi connectivity index (χ2v) is 6.55. The topological polar surface area (TPSA) is 24.5 Å². The average Bonchev–Trinajstić information content (AvgIpc) is 2.49. The van der Waals surface area contributed by atoms with Crippen molar-refractivity contribution in [3.8, 4) is 0 Å². The van der Waals surface area contributed by atoms with Crippen LogP contribution in [0.2, 0.25) is 0 Å². The van der Waals surface area contributed by atoms with E-state index in [1.807, 2.05) is 0 Å². The minimum atomic E-state index is 0.696. The Kier molecular flexibility index (Phi) is 7.32. The molecule has 1 saturated heterocycles. The molecule has 2 rings (SSSR count). The van der Waals surface area contributed by atoms with E-state index in [1.54, 1.807) is 0 Å². The van der Waals surface area contributed by atoms with Gasteiger partial charge in [-0.3, -0.25) is 4.90 Å². The first-order chi connectivity index (χ1) is 9.85. The van der Waals surface area contributed by atoms with Gasteiger partial charge in [-0.25, -0.2) is 0 Å². The van der Waals surface area contributed by atoms with E-state index in [1.165, 1.54) is 58.0 Å². The van der Waals surface area contributed by atoms with Gasteiger partial charge in [-0.2, -0.15) is 0 Å². The van der Waals surface area contributed by atoms with Gasteiger partial charge >= 0.3 is 0 Å². The van der Waals surface area contributed by atoms with Gasteiger partial charge in [0.25, 0.3) is 0 Å². The van der Waals surface area contributed by atoms with Crippen LogP contribution in [-0.2, 0) is 4.74 Å². The fourth-order valence-corrected chi connectivity index (χ4v) is 4.01. The highest BCUT2D eigenvalue weighted by atomic mass is 16.5. The Hall–Kier alpha value is -0.120. The molecular weight excluding hydrogens is 248 g/mol. The molecule has 1 N–H and O–H groups in total. The molecule has 20 heavy (non-hydrogen) atoms. The predicted molar refractivity (Wildman–Crippen MR) is 85.1 cm³/mol. The second-order valence-electron chi connectivity index (χ2n) is 6.55. The second kappa shape index (κ2) is 9.01. The molecule has 2 fully saturated rings. The minimum Gasteiger partial charge on any atom is -0.380 e. The highest BCUT2D eigenvalue weighted by Crippen LogP contribution is 2.30. The van der Waals surface area contributed by atoms with Crippen molar-refractivity contribution in [3.05, 3.63) is 0 Å². The zero-order valence-electron chi connectivity index (χ0n) is 13.6. The monoisotopic (exact) mass is 282 g/mol. The van der Waals surface area contributed by atoms with Crippen molar-refractivity contribution in [1.29, 1.82) is 0 Å². The largest absolute Gasteiger partial charge is 0.380 e. The molecule has 3 nitrogen and oxygen atoms in total. The van der Waals surface area contributed by atoms with Gasteiger partial charge < -0.3 is 10.1 Å². The third-order valence-corrected chi connectivity index (χ3v) is 5.10. The van der Waals surface area contributed by atoms with Crippen molar-refractivity contribution < 1.29 is 4.74 Å². The molecule has 2 unspecified atom stereocenters. The van der Waals surface area contributed by atoms with Gasteiger partial charge in [-0.05, 0) is 32.1 Å². The molecule has 0 aromatic heterocycles. The summed E-state index contributed by atoms with van der Waals surface area (Å²) >= 11 is 0. The van der Waals surface area contributed by atoms with Crippen molar-refractivity contribution in [3.63, 3.8) is 0 Å². The summed E-state index contributed by atoms with van der Waals surface area (Å²) in [6, 6.07) is 1.45. The number of hydrogen-bond donors (Lipinski definition) is 1. The Morgan fingerprint density at radius 3 is 2.65 bits per heavy atom. The summed E-state index contributed by atoms with van der Waals surface area (Å²) in [7, 11) is 0. The Morgan fingerprint density at radius 2 is 1.95 bits per heavy atom. The molecule has 1 heterocycles. The van der Waals surface area contributed by atoms with Gasteiger partial charge in [0, 0.05) is 38.3 Å². The van der Waals surface area contributed by atoms with Crippen LogP contribution in [0.3, 0.4) is 0 Å². The van der Waals surface area contributed by atoms with Gasteiger partial charge in [0.15, 0.2) is 0 Å². The number of nitrogens with one attached hydrogen (secondary N) is 1. The zero-order valence-corrected chi connectivity index (χ0v) is 13.6. The summed E-state index contributed by atoms with van der Waals surface area (Å²) in [6.45, 7) is 9.67. The van der Waals surface area contributed by atoms with Crippen molar-refractivity contribution in [2.24, 2.45) is 5.92 Å². The Labute approximate surface area is 125 Å². The quantitative estimate of drug-likeness (QED) is 0.726. The fourth-order valence-electron chi connectivity index (χ4n) is 4.01. The number of ether oxygens (including phenoxy) is 1. The van der Waals surface area contributed by atoms with E-state index in [2.05, 4.69) is 24.1 Å². The summed E-state index contributed by atoms with van der Waals surface area (Å²) in [5.41, 5.74) is 0. The molecule has 0 spiro atoms. The molecule has 0 amide bonds. The van der Waals surface area contributed by atoms with Crippen LogP contribution < -0.4 is 5.32 Å². The Bertz CT molecular complexity index is 253. The lowest BCUT2D eigenvalue weighted by Crippen LogP contribution is -2.59. The van der Waals surface area contributed by atoms with E-state index in [0.717, 1.165) is 31.7 Å². The lowest BCUT2D eigenvalue weighted by molar-refractivity contribution is 0.0377. The molecule has 118 valence electrons. The van der Waals surface area contributed by atoms with E-state index < -0.39 is 0 Å². The maximum absolute atomic E-state index is 5.61. The molecule has 0 bridgehead atoms. The van der Waals surface area contributed by atoms with Crippen LogP contribution >= 0.6 is 0 Å². The van der Waals surface area contributed by atoms with Crippen molar-refractivity contribution in [2.75, 3.05) is 32.8 Å². The predicted octanol–water partition coefficient (Wildman–Crippen LogP) is 3.05. The average molecular weight is 282 g/mol. The molecule has 1 aliphatic carbocycles.